The first-order chi connectivity index (χ1) is 9.32. The zero-order valence-corrected chi connectivity index (χ0v) is 11.0. The zero-order chi connectivity index (χ0) is 14.9. The molecule has 0 atom stereocenters. The highest BCUT2D eigenvalue weighted by atomic mass is 19.4. The Bertz CT molecular complexity index is 561. The van der Waals surface area contributed by atoms with Gasteiger partial charge in [0.2, 0.25) is 5.91 Å². The summed E-state index contributed by atoms with van der Waals surface area (Å²) in [5.74, 6) is -0.323. The molecule has 1 aliphatic rings. The van der Waals surface area contributed by atoms with Crippen LogP contribution in [0.4, 0.5) is 13.2 Å². The Kier molecular flexibility index (Phi) is 3.87. The van der Waals surface area contributed by atoms with Gasteiger partial charge in [-0.05, 0) is 25.8 Å². The maximum absolute atomic E-state index is 12.6. The minimum Gasteiger partial charge on any atom is -0.338 e. The molecular weight excluding hydrogens is 273 g/mol. The molecule has 0 aliphatic heterocycles. The van der Waals surface area contributed by atoms with Crippen LogP contribution in [0.5, 0.6) is 0 Å². The van der Waals surface area contributed by atoms with Crippen LogP contribution in [0.2, 0.25) is 0 Å². The van der Waals surface area contributed by atoms with Crippen molar-refractivity contribution in [3.63, 3.8) is 0 Å². The van der Waals surface area contributed by atoms with Crippen LogP contribution < -0.4 is 5.56 Å². The zero-order valence-electron chi connectivity index (χ0n) is 11.0. The molecule has 7 heteroatoms. The average Bonchev–Trinajstić information content (AvgIpc) is 3.16. The minimum absolute atomic E-state index is 0.175. The van der Waals surface area contributed by atoms with E-state index in [2.05, 4.69) is 0 Å². The second-order valence-corrected chi connectivity index (χ2v) is 4.79. The van der Waals surface area contributed by atoms with E-state index in [9.17, 15) is 22.8 Å². The fraction of sp³-hybridized carbons (Fsp3) is 0.538. The molecule has 1 aromatic heterocycles. The second kappa shape index (κ2) is 5.30. The number of hydrogen-bond acceptors (Lipinski definition) is 2. The van der Waals surface area contributed by atoms with Gasteiger partial charge in [-0.2, -0.15) is 13.2 Å². The van der Waals surface area contributed by atoms with E-state index < -0.39 is 17.3 Å². The molecule has 4 nitrogen and oxygen atoms in total. The molecule has 1 heterocycles. The van der Waals surface area contributed by atoms with Crippen molar-refractivity contribution in [2.75, 3.05) is 6.54 Å². The number of halogens is 3. The van der Waals surface area contributed by atoms with E-state index in [1.54, 1.807) is 4.90 Å². The molecule has 0 spiro atoms. The van der Waals surface area contributed by atoms with Gasteiger partial charge in [0.15, 0.2) is 0 Å². The van der Waals surface area contributed by atoms with E-state index in [0.29, 0.717) is 12.7 Å². The summed E-state index contributed by atoms with van der Waals surface area (Å²) < 4.78 is 38.6. The Morgan fingerprint density at radius 3 is 2.55 bits per heavy atom. The van der Waals surface area contributed by atoms with Gasteiger partial charge in [-0.3, -0.25) is 9.59 Å². The third-order valence-corrected chi connectivity index (χ3v) is 3.27. The molecular formula is C13H15F3N2O2. The predicted molar refractivity (Wildman–Crippen MR) is 66.1 cm³/mol. The van der Waals surface area contributed by atoms with Crippen LogP contribution in [-0.4, -0.2) is 28.0 Å². The van der Waals surface area contributed by atoms with Crippen LogP contribution in [0, 0.1) is 0 Å². The van der Waals surface area contributed by atoms with E-state index in [0.717, 1.165) is 29.5 Å². The fourth-order valence-corrected chi connectivity index (χ4v) is 2.08. The summed E-state index contributed by atoms with van der Waals surface area (Å²) in [7, 11) is 0. The van der Waals surface area contributed by atoms with Crippen LogP contribution in [0.1, 0.15) is 25.3 Å². The van der Waals surface area contributed by atoms with E-state index in [1.807, 2.05) is 6.92 Å². The minimum atomic E-state index is -4.53. The summed E-state index contributed by atoms with van der Waals surface area (Å²) in [6.45, 7) is 1.95. The molecule has 1 saturated carbocycles. The maximum Gasteiger partial charge on any atom is 0.417 e. The van der Waals surface area contributed by atoms with Gasteiger partial charge in [0.1, 0.15) is 6.54 Å². The summed E-state index contributed by atoms with van der Waals surface area (Å²) in [5.41, 5.74) is -1.54. The molecule has 1 fully saturated rings. The lowest BCUT2D eigenvalue weighted by atomic mass is 10.2. The summed E-state index contributed by atoms with van der Waals surface area (Å²) in [6.07, 6.45) is -2.01. The molecule has 0 unspecified atom stereocenters. The van der Waals surface area contributed by atoms with Crippen molar-refractivity contribution in [2.45, 2.75) is 38.5 Å². The summed E-state index contributed by atoms with van der Waals surface area (Å²) in [4.78, 5) is 25.2. The molecule has 0 radical (unpaired) electrons. The highest BCUT2D eigenvalue weighted by molar-refractivity contribution is 5.76. The van der Waals surface area contributed by atoms with Gasteiger partial charge >= 0.3 is 6.18 Å². The van der Waals surface area contributed by atoms with Crippen LogP contribution in [0.25, 0.3) is 0 Å². The van der Waals surface area contributed by atoms with Crippen molar-refractivity contribution in [3.05, 3.63) is 34.2 Å². The van der Waals surface area contributed by atoms with Gasteiger partial charge in [0, 0.05) is 24.8 Å². The Morgan fingerprint density at radius 1 is 1.40 bits per heavy atom. The highest BCUT2D eigenvalue weighted by Crippen LogP contribution is 2.28. The van der Waals surface area contributed by atoms with Gasteiger partial charge in [-0.1, -0.05) is 0 Å². The molecule has 0 aromatic carbocycles. The standard InChI is InChI=1S/C13H15F3N2O2/c1-2-18(10-4-5-10)12(20)8-17-7-9(13(14,15)16)3-6-11(17)19/h3,6-7,10H,2,4-5,8H2,1H3. The van der Waals surface area contributed by atoms with Gasteiger partial charge in [-0.25, -0.2) is 0 Å². The molecule has 1 aliphatic carbocycles. The third kappa shape index (κ3) is 3.20. The van der Waals surface area contributed by atoms with Crippen LogP contribution in [0.15, 0.2) is 23.1 Å². The van der Waals surface area contributed by atoms with E-state index in [-0.39, 0.29) is 18.5 Å². The van der Waals surface area contributed by atoms with Crippen LogP contribution in [-0.2, 0) is 17.5 Å². The first kappa shape index (κ1) is 14.6. The van der Waals surface area contributed by atoms with Gasteiger partial charge < -0.3 is 9.47 Å². The maximum atomic E-state index is 12.6. The number of pyridine rings is 1. The molecule has 0 bridgehead atoms. The van der Waals surface area contributed by atoms with Gasteiger partial charge in [-0.15, -0.1) is 0 Å². The molecule has 0 saturated heterocycles. The van der Waals surface area contributed by atoms with E-state index in [4.69, 9.17) is 0 Å². The van der Waals surface area contributed by atoms with E-state index >= 15 is 0 Å². The topological polar surface area (TPSA) is 42.3 Å². The number of rotatable bonds is 4. The number of aromatic nitrogens is 1. The quantitative estimate of drug-likeness (QED) is 0.849. The number of nitrogens with zero attached hydrogens (tertiary/aromatic N) is 2. The Hall–Kier alpha value is -1.79. The number of carbonyl (C=O) groups is 1. The largest absolute Gasteiger partial charge is 0.417 e. The highest BCUT2D eigenvalue weighted by Gasteiger charge is 2.33. The number of hydrogen-bond donors (Lipinski definition) is 0. The lowest BCUT2D eigenvalue weighted by molar-refractivity contribution is -0.138. The predicted octanol–water partition coefficient (Wildman–Crippen LogP) is 1.88. The Balaban J connectivity index is 2.20. The monoisotopic (exact) mass is 288 g/mol. The average molecular weight is 288 g/mol. The smallest absolute Gasteiger partial charge is 0.338 e. The van der Waals surface area contributed by atoms with Crippen molar-refractivity contribution in [1.82, 2.24) is 9.47 Å². The first-order valence-electron chi connectivity index (χ1n) is 6.40. The van der Waals surface area contributed by atoms with Crippen LogP contribution in [0.3, 0.4) is 0 Å². The molecule has 110 valence electrons. The normalized spacial score (nSPS) is 15.2. The summed E-state index contributed by atoms with van der Waals surface area (Å²) >= 11 is 0. The lowest BCUT2D eigenvalue weighted by Gasteiger charge is -2.21. The lowest BCUT2D eigenvalue weighted by Crippen LogP contribution is -2.37. The molecule has 2 rings (SSSR count). The number of alkyl halides is 3. The number of likely N-dealkylation sites (N-methyl/N-ethyl adjacent to an activating group) is 1. The molecule has 20 heavy (non-hydrogen) atoms. The number of carbonyl (C=O) groups excluding carboxylic acids is 1. The first-order valence-corrected chi connectivity index (χ1v) is 6.40. The van der Waals surface area contributed by atoms with Gasteiger partial charge in [0.25, 0.3) is 5.56 Å². The van der Waals surface area contributed by atoms with Crippen molar-refractivity contribution >= 4 is 5.91 Å². The molecule has 0 N–H and O–H groups in total. The van der Waals surface area contributed by atoms with Crippen molar-refractivity contribution in [3.8, 4) is 0 Å². The number of amides is 1. The van der Waals surface area contributed by atoms with Crippen molar-refractivity contribution in [2.24, 2.45) is 0 Å². The van der Waals surface area contributed by atoms with E-state index in [1.165, 1.54) is 0 Å². The molecule has 1 amide bonds. The van der Waals surface area contributed by atoms with Gasteiger partial charge in [0.05, 0.1) is 5.56 Å². The summed E-state index contributed by atoms with van der Waals surface area (Å²) in [6, 6.07) is 1.74. The molecule has 1 aromatic rings. The Labute approximate surface area is 113 Å². The fourth-order valence-electron chi connectivity index (χ4n) is 2.08. The summed E-state index contributed by atoms with van der Waals surface area (Å²) in [5, 5.41) is 0. The Morgan fingerprint density at radius 2 is 2.05 bits per heavy atom. The van der Waals surface area contributed by atoms with Crippen molar-refractivity contribution < 1.29 is 18.0 Å². The van der Waals surface area contributed by atoms with Crippen LogP contribution >= 0.6 is 0 Å². The van der Waals surface area contributed by atoms with Crippen molar-refractivity contribution in [1.29, 1.82) is 0 Å². The third-order valence-electron chi connectivity index (χ3n) is 3.27. The SMILES string of the molecule is CCN(C(=O)Cn1cc(C(F)(F)F)ccc1=O)C1CC1. The second-order valence-electron chi connectivity index (χ2n) is 4.79.